The Morgan fingerprint density at radius 2 is 2.41 bits per heavy atom. The Bertz CT molecular complexity index is 439. The summed E-state index contributed by atoms with van der Waals surface area (Å²) in [5, 5.41) is 2.94. The third kappa shape index (κ3) is 2.34. The van der Waals surface area contributed by atoms with E-state index in [4.69, 9.17) is 11.6 Å². The zero-order valence-corrected chi connectivity index (χ0v) is 10.7. The molecule has 1 atom stereocenters. The minimum atomic E-state index is -0.355. The van der Waals surface area contributed by atoms with Gasteiger partial charge in [-0.25, -0.2) is 9.97 Å². The van der Waals surface area contributed by atoms with Crippen molar-refractivity contribution in [3.05, 3.63) is 17.5 Å². The first-order chi connectivity index (χ1) is 8.05. The van der Waals surface area contributed by atoms with E-state index in [1.807, 2.05) is 13.0 Å². The zero-order chi connectivity index (χ0) is 12.5. The van der Waals surface area contributed by atoms with Crippen molar-refractivity contribution in [2.45, 2.75) is 13.3 Å². The molecule has 1 N–H and O–H groups in total. The van der Waals surface area contributed by atoms with Crippen LogP contribution in [0.1, 0.15) is 13.3 Å². The summed E-state index contributed by atoms with van der Waals surface area (Å²) in [7, 11) is 1.66. The highest BCUT2D eigenvalue weighted by molar-refractivity contribution is 6.28. The molecule has 1 amide bonds. The fraction of sp³-hybridized carbons (Fsp3) is 0.545. The van der Waals surface area contributed by atoms with Crippen molar-refractivity contribution in [1.29, 1.82) is 0 Å². The molecule has 1 aliphatic rings. The molecule has 0 radical (unpaired) electrons. The van der Waals surface area contributed by atoms with Crippen LogP contribution in [0.2, 0.25) is 5.28 Å². The van der Waals surface area contributed by atoms with Crippen LogP contribution in [0.5, 0.6) is 0 Å². The summed E-state index contributed by atoms with van der Waals surface area (Å²) in [4.78, 5) is 21.8. The zero-order valence-electron chi connectivity index (χ0n) is 9.90. The van der Waals surface area contributed by atoms with Gasteiger partial charge in [0.1, 0.15) is 5.82 Å². The molecule has 1 aromatic heterocycles. The van der Waals surface area contributed by atoms with Gasteiger partial charge in [0.2, 0.25) is 11.2 Å². The normalized spacial score (nSPS) is 23.8. The van der Waals surface area contributed by atoms with Gasteiger partial charge in [-0.1, -0.05) is 0 Å². The number of hydrogen-bond donors (Lipinski definition) is 1. The lowest BCUT2D eigenvalue weighted by Crippen LogP contribution is -2.39. The fourth-order valence-corrected chi connectivity index (χ4v) is 2.29. The van der Waals surface area contributed by atoms with Crippen LogP contribution in [-0.4, -0.2) is 36.0 Å². The third-order valence-electron chi connectivity index (χ3n) is 3.18. The maximum Gasteiger partial charge on any atom is 0.227 e. The Morgan fingerprint density at radius 1 is 1.65 bits per heavy atom. The molecule has 1 saturated heterocycles. The second kappa shape index (κ2) is 4.49. The number of aromatic nitrogens is 2. The van der Waals surface area contributed by atoms with Crippen LogP contribution in [0.25, 0.3) is 0 Å². The summed E-state index contributed by atoms with van der Waals surface area (Å²) in [5.41, 5.74) is -0.355. The molecule has 1 unspecified atom stereocenters. The molecule has 2 rings (SSSR count). The van der Waals surface area contributed by atoms with Crippen molar-refractivity contribution in [1.82, 2.24) is 15.3 Å². The Balaban J connectivity index is 2.15. The molecule has 17 heavy (non-hydrogen) atoms. The molecule has 1 fully saturated rings. The highest BCUT2D eigenvalue weighted by Crippen LogP contribution is 2.32. The second-order valence-electron chi connectivity index (χ2n) is 4.50. The highest BCUT2D eigenvalue weighted by Gasteiger charge is 2.40. The summed E-state index contributed by atoms with van der Waals surface area (Å²) in [5.74, 6) is 0.845. The maximum atomic E-state index is 11.8. The predicted molar refractivity (Wildman–Crippen MR) is 66.0 cm³/mol. The van der Waals surface area contributed by atoms with Crippen molar-refractivity contribution in [2.24, 2.45) is 5.41 Å². The van der Waals surface area contributed by atoms with Crippen molar-refractivity contribution < 1.29 is 4.79 Å². The van der Waals surface area contributed by atoms with Crippen LogP contribution in [0.3, 0.4) is 0 Å². The first kappa shape index (κ1) is 12.1. The molecule has 0 saturated carbocycles. The van der Waals surface area contributed by atoms with E-state index in [2.05, 4.69) is 20.2 Å². The molecule has 0 aromatic carbocycles. The van der Waals surface area contributed by atoms with E-state index in [1.165, 1.54) is 0 Å². The summed E-state index contributed by atoms with van der Waals surface area (Å²) in [6, 6.07) is 1.81. The van der Waals surface area contributed by atoms with Crippen LogP contribution in [0.15, 0.2) is 12.3 Å². The monoisotopic (exact) mass is 254 g/mol. The van der Waals surface area contributed by atoms with Gasteiger partial charge in [-0.05, 0) is 31.0 Å². The largest absolute Gasteiger partial charge is 0.359 e. The Morgan fingerprint density at radius 3 is 3.06 bits per heavy atom. The summed E-state index contributed by atoms with van der Waals surface area (Å²) in [6.45, 7) is 3.42. The van der Waals surface area contributed by atoms with Crippen molar-refractivity contribution in [3.63, 3.8) is 0 Å². The van der Waals surface area contributed by atoms with E-state index in [-0.39, 0.29) is 16.6 Å². The smallest absolute Gasteiger partial charge is 0.227 e. The molecular weight excluding hydrogens is 240 g/mol. The minimum Gasteiger partial charge on any atom is -0.359 e. The Labute approximate surface area is 105 Å². The van der Waals surface area contributed by atoms with Gasteiger partial charge in [0.25, 0.3) is 0 Å². The van der Waals surface area contributed by atoms with E-state index >= 15 is 0 Å². The standard InChI is InChI=1S/C11H15ClN4O/c1-11(9(17)13-2)4-6-16(7-11)8-3-5-14-10(12)15-8/h3,5H,4,6-7H2,1-2H3,(H,13,17). The first-order valence-electron chi connectivity index (χ1n) is 5.51. The van der Waals surface area contributed by atoms with Gasteiger partial charge in [0.15, 0.2) is 0 Å². The predicted octanol–water partition coefficient (Wildman–Crippen LogP) is 1.09. The molecule has 0 aliphatic carbocycles. The quantitative estimate of drug-likeness (QED) is 0.803. The first-order valence-corrected chi connectivity index (χ1v) is 5.89. The van der Waals surface area contributed by atoms with Gasteiger partial charge in [0.05, 0.1) is 5.41 Å². The Hall–Kier alpha value is -1.36. The van der Waals surface area contributed by atoms with E-state index in [1.54, 1.807) is 13.2 Å². The van der Waals surface area contributed by atoms with Gasteiger partial charge in [-0.15, -0.1) is 0 Å². The third-order valence-corrected chi connectivity index (χ3v) is 3.37. The lowest BCUT2D eigenvalue weighted by molar-refractivity contribution is -0.128. The van der Waals surface area contributed by atoms with Gasteiger partial charge >= 0.3 is 0 Å². The van der Waals surface area contributed by atoms with Crippen LogP contribution < -0.4 is 10.2 Å². The molecule has 0 bridgehead atoms. The van der Waals surface area contributed by atoms with Crippen LogP contribution >= 0.6 is 11.6 Å². The average molecular weight is 255 g/mol. The van der Waals surface area contributed by atoms with Crippen molar-refractivity contribution in [3.8, 4) is 0 Å². The molecule has 1 aromatic rings. The van der Waals surface area contributed by atoms with Crippen LogP contribution in [0.4, 0.5) is 5.82 Å². The van der Waals surface area contributed by atoms with E-state index in [0.29, 0.717) is 6.54 Å². The second-order valence-corrected chi connectivity index (χ2v) is 4.83. The number of nitrogens with one attached hydrogen (secondary N) is 1. The SMILES string of the molecule is CNC(=O)C1(C)CCN(c2ccnc(Cl)n2)C1. The number of halogens is 1. The van der Waals surface area contributed by atoms with Gasteiger partial charge in [-0.3, -0.25) is 4.79 Å². The molecule has 2 heterocycles. The maximum absolute atomic E-state index is 11.8. The lowest BCUT2D eigenvalue weighted by Gasteiger charge is -2.23. The van der Waals surface area contributed by atoms with Gasteiger partial charge in [0, 0.05) is 26.3 Å². The summed E-state index contributed by atoms with van der Waals surface area (Å²) >= 11 is 5.76. The van der Waals surface area contributed by atoms with Gasteiger partial charge in [-0.2, -0.15) is 0 Å². The molecule has 5 nitrogen and oxygen atoms in total. The molecule has 1 aliphatic heterocycles. The number of nitrogens with zero attached hydrogens (tertiary/aromatic N) is 3. The minimum absolute atomic E-state index is 0.0696. The van der Waals surface area contributed by atoms with Crippen LogP contribution in [0, 0.1) is 5.41 Å². The lowest BCUT2D eigenvalue weighted by atomic mass is 9.89. The number of carbonyl (C=O) groups is 1. The number of carbonyl (C=O) groups excluding carboxylic acids is 1. The van der Waals surface area contributed by atoms with Gasteiger partial charge < -0.3 is 10.2 Å². The van der Waals surface area contributed by atoms with Crippen molar-refractivity contribution in [2.75, 3.05) is 25.0 Å². The molecule has 0 spiro atoms. The van der Waals surface area contributed by atoms with Crippen molar-refractivity contribution >= 4 is 23.3 Å². The van der Waals surface area contributed by atoms with Crippen LogP contribution in [-0.2, 0) is 4.79 Å². The topological polar surface area (TPSA) is 58.1 Å². The number of rotatable bonds is 2. The number of amides is 1. The number of anilines is 1. The fourth-order valence-electron chi connectivity index (χ4n) is 2.15. The highest BCUT2D eigenvalue weighted by atomic mass is 35.5. The summed E-state index contributed by atoms with van der Waals surface area (Å²) in [6.07, 6.45) is 2.44. The van der Waals surface area contributed by atoms with E-state index in [9.17, 15) is 4.79 Å². The average Bonchev–Trinajstić information content (AvgIpc) is 2.72. The van der Waals surface area contributed by atoms with E-state index < -0.39 is 0 Å². The molecular formula is C11H15ClN4O. The Kier molecular flexibility index (Phi) is 3.19. The van der Waals surface area contributed by atoms with E-state index in [0.717, 1.165) is 18.8 Å². The molecule has 92 valence electrons. The summed E-state index contributed by atoms with van der Waals surface area (Å²) < 4.78 is 0. The number of hydrogen-bond acceptors (Lipinski definition) is 4. The molecule has 6 heteroatoms.